The van der Waals surface area contributed by atoms with E-state index in [1.165, 1.54) is 92.8 Å². The van der Waals surface area contributed by atoms with Gasteiger partial charge in [0, 0.05) is 121 Å². The van der Waals surface area contributed by atoms with Gasteiger partial charge in [0.15, 0.2) is 11.6 Å². The van der Waals surface area contributed by atoms with Gasteiger partial charge in [0.2, 0.25) is 0 Å². The summed E-state index contributed by atoms with van der Waals surface area (Å²) in [6.45, 7) is 0. The van der Waals surface area contributed by atoms with Crippen molar-refractivity contribution in [2.24, 2.45) is 0 Å². The zero-order valence-corrected chi connectivity index (χ0v) is 75.1. The summed E-state index contributed by atoms with van der Waals surface area (Å²) < 4.78 is 9.34. The molecule has 138 heavy (non-hydrogen) atoms. The molecule has 0 saturated heterocycles. The van der Waals surface area contributed by atoms with Crippen molar-refractivity contribution in [3.05, 3.63) is 522 Å². The second kappa shape index (κ2) is 36.5. The Labute approximate surface area is 797 Å². The van der Waals surface area contributed by atoms with Gasteiger partial charge in [0.25, 0.3) is 0 Å². The second-order valence-electron chi connectivity index (χ2n) is 34.4. The first-order valence-corrected chi connectivity index (χ1v) is 46.6. The Bertz CT molecular complexity index is 8540. The number of hydrogen-bond acceptors (Lipinski definition) is 6. The van der Waals surface area contributed by atoms with Crippen LogP contribution in [0, 0.1) is 0 Å². The summed E-state index contributed by atoms with van der Waals surface area (Å²) in [4.78, 5) is 29.7. The number of fused-ring (bicyclic) bond motifs is 14. The molecule has 8 heterocycles. The van der Waals surface area contributed by atoms with Crippen molar-refractivity contribution in [3.8, 4) is 124 Å². The molecule has 27 rings (SSSR count). The van der Waals surface area contributed by atoms with Crippen LogP contribution in [-0.4, -0.2) is 48.2 Å². The Morgan fingerprint density at radius 3 is 0.746 bits per heavy atom. The Balaban J connectivity index is 0.000000101. The SMILES string of the molecule is c1ccc(-c2cc(-c3ccc(-n4c5ccccc5c5ccccc54)cc3)nc(-c3ccccc3)n2)cc1.c1ccc(-c2cc(-c3ccccc3)nc(-c3ccc(-n4c5ccccc5c5ccccc54)cc3)c2)cc1.c1ccc(-c2nc(-c3ccc(-n4c5ccccc5c5ccccc54)cc3)nc3ccccc23)cc1.c1ccc2nc(-c3ccc(-n4c5ccccc5c5ccccc54)cc3)ccc2c1. The van der Waals surface area contributed by atoms with Gasteiger partial charge >= 0.3 is 0 Å². The summed E-state index contributed by atoms with van der Waals surface area (Å²) in [5.41, 5.74) is 32.8. The lowest BCUT2D eigenvalue weighted by atomic mass is 10.00. The van der Waals surface area contributed by atoms with Crippen molar-refractivity contribution >= 4 is 109 Å². The number of pyridine rings is 2. The molecule has 0 fully saturated rings. The summed E-state index contributed by atoms with van der Waals surface area (Å²) in [5.74, 6) is 1.46. The van der Waals surface area contributed by atoms with Gasteiger partial charge in [-0.25, -0.2) is 29.9 Å². The molecule has 0 atom stereocenters. The molecule has 8 aromatic heterocycles. The lowest BCUT2D eigenvalue weighted by Gasteiger charge is -2.12. The minimum atomic E-state index is 0.725. The highest BCUT2D eigenvalue weighted by Crippen LogP contribution is 2.41. The first kappa shape index (κ1) is 82.5. The minimum absolute atomic E-state index is 0.725. The van der Waals surface area contributed by atoms with Gasteiger partial charge in [0.1, 0.15) is 0 Å². The number of hydrogen-bond donors (Lipinski definition) is 0. The van der Waals surface area contributed by atoms with E-state index < -0.39 is 0 Å². The molecule has 10 nitrogen and oxygen atoms in total. The Hall–Kier alpha value is -18.6. The average Bonchev–Trinajstić information content (AvgIpc) is 1.69. The Kier molecular flexibility index (Phi) is 21.8. The van der Waals surface area contributed by atoms with Crippen molar-refractivity contribution in [2.45, 2.75) is 0 Å². The van der Waals surface area contributed by atoms with E-state index in [-0.39, 0.29) is 0 Å². The van der Waals surface area contributed by atoms with Crippen LogP contribution in [0.5, 0.6) is 0 Å². The molecule has 0 bridgehead atoms. The Morgan fingerprint density at radius 2 is 0.384 bits per heavy atom. The molecule has 648 valence electrons. The molecular formula is C128H86N10. The first-order valence-electron chi connectivity index (χ1n) is 46.6. The predicted molar refractivity (Wildman–Crippen MR) is 574 cm³/mol. The summed E-state index contributed by atoms with van der Waals surface area (Å²) in [6.07, 6.45) is 0. The second-order valence-corrected chi connectivity index (χ2v) is 34.4. The van der Waals surface area contributed by atoms with Gasteiger partial charge in [-0.15, -0.1) is 0 Å². The van der Waals surface area contributed by atoms with E-state index in [2.05, 4.69) is 455 Å². The van der Waals surface area contributed by atoms with Crippen LogP contribution in [-0.2, 0) is 0 Å². The lowest BCUT2D eigenvalue weighted by molar-refractivity contribution is 1.17. The maximum atomic E-state index is 5.08. The predicted octanol–water partition coefficient (Wildman–Crippen LogP) is 32.8. The third-order valence-electron chi connectivity index (χ3n) is 26.0. The molecule has 0 spiro atoms. The fourth-order valence-electron chi connectivity index (χ4n) is 19.5. The van der Waals surface area contributed by atoms with Crippen molar-refractivity contribution < 1.29 is 0 Å². The molecule has 10 heteroatoms. The van der Waals surface area contributed by atoms with Crippen molar-refractivity contribution in [1.82, 2.24) is 48.2 Å². The normalized spacial score (nSPS) is 11.3. The zero-order chi connectivity index (χ0) is 91.6. The van der Waals surface area contributed by atoms with Gasteiger partial charge < -0.3 is 18.3 Å². The first-order chi connectivity index (χ1) is 68.4. The van der Waals surface area contributed by atoms with Gasteiger partial charge in [-0.2, -0.15) is 0 Å². The largest absolute Gasteiger partial charge is 0.309 e. The fraction of sp³-hybridized carbons (Fsp3) is 0. The van der Waals surface area contributed by atoms with Crippen molar-refractivity contribution in [3.63, 3.8) is 0 Å². The molecule has 0 N–H and O–H groups in total. The third-order valence-corrected chi connectivity index (χ3v) is 26.0. The van der Waals surface area contributed by atoms with E-state index in [1.54, 1.807) is 0 Å². The summed E-state index contributed by atoms with van der Waals surface area (Å²) >= 11 is 0. The van der Waals surface area contributed by atoms with E-state index >= 15 is 0 Å². The van der Waals surface area contributed by atoms with Crippen LogP contribution in [0.25, 0.3) is 233 Å². The van der Waals surface area contributed by atoms with E-state index in [4.69, 9.17) is 29.9 Å². The van der Waals surface area contributed by atoms with Crippen LogP contribution in [0.3, 0.4) is 0 Å². The van der Waals surface area contributed by atoms with E-state index in [0.717, 1.165) is 140 Å². The lowest BCUT2D eigenvalue weighted by Crippen LogP contribution is -1.97. The van der Waals surface area contributed by atoms with Crippen LogP contribution in [0.4, 0.5) is 0 Å². The highest BCUT2D eigenvalue weighted by Gasteiger charge is 2.21. The molecule has 0 aliphatic carbocycles. The fourth-order valence-corrected chi connectivity index (χ4v) is 19.5. The summed E-state index contributed by atoms with van der Waals surface area (Å²) in [5, 5.41) is 12.4. The Morgan fingerprint density at radius 1 is 0.130 bits per heavy atom. The molecule has 0 amide bonds. The van der Waals surface area contributed by atoms with E-state index in [9.17, 15) is 0 Å². The van der Waals surface area contributed by atoms with Gasteiger partial charge in [0.05, 0.1) is 89.3 Å². The number of aromatic nitrogens is 10. The van der Waals surface area contributed by atoms with Crippen LogP contribution in [0.2, 0.25) is 0 Å². The maximum Gasteiger partial charge on any atom is 0.160 e. The molecule has 27 aromatic rings. The van der Waals surface area contributed by atoms with Crippen LogP contribution in [0.15, 0.2) is 522 Å². The average molecular weight is 1760 g/mol. The standard InChI is InChI=1S/C35H24N2.C34H23N3.C32H21N3.C27H18N2/c1-3-11-25(12-4-1)28-23-32(26-13-5-2-6-14-26)36-33(24-28)27-19-21-29(22-20-27)37-34-17-9-7-15-30(34)31-16-8-10-18-35(31)37;1-3-11-24(12-4-1)30-23-31(36-34(35-30)26-13-5-2-6-14-26)25-19-21-27(22-20-25)37-32-17-9-7-15-28(32)29-16-8-10-18-33(29)37;1-2-10-22(11-3-1)31-27-14-4-7-15-28(27)33-32(34-31)23-18-20-24(21-19-23)35-29-16-8-5-12-25(29)26-13-6-9-17-30(26)35;1-4-10-24-19(7-1)15-18-25(28-24)20-13-16-21(17-14-20)29-26-11-5-2-8-22(26)23-9-3-6-12-27(23)29/h1-24H;1-23H;1-21H;1-18H. The van der Waals surface area contributed by atoms with Crippen LogP contribution >= 0.6 is 0 Å². The van der Waals surface area contributed by atoms with Gasteiger partial charge in [-0.1, -0.05) is 376 Å². The molecule has 0 aliphatic heterocycles. The third kappa shape index (κ3) is 15.9. The van der Waals surface area contributed by atoms with Crippen LogP contribution in [0.1, 0.15) is 0 Å². The number of nitrogens with zero attached hydrogens (tertiary/aromatic N) is 10. The summed E-state index contributed by atoms with van der Waals surface area (Å²) in [7, 11) is 0. The van der Waals surface area contributed by atoms with Crippen molar-refractivity contribution in [2.75, 3.05) is 0 Å². The van der Waals surface area contributed by atoms with Gasteiger partial charge in [-0.3, -0.25) is 0 Å². The molecule has 0 unspecified atom stereocenters. The monoisotopic (exact) mass is 1760 g/mol. The highest BCUT2D eigenvalue weighted by atomic mass is 15.0. The smallest absolute Gasteiger partial charge is 0.160 e. The number of para-hydroxylation sites is 10. The van der Waals surface area contributed by atoms with E-state index in [0.29, 0.717) is 0 Å². The maximum absolute atomic E-state index is 5.08. The summed E-state index contributed by atoms with van der Waals surface area (Å²) in [6, 6.07) is 182. The molecule has 19 aromatic carbocycles. The van der Waals surface area contributed by atoms with Crippen LogP contribution < -0.4 is 0 Å². The van der Waals surface area contributed by atoms with Crippen molar-refractivity contribution in [1.29, 1.82) is 0 Å². The molecule has 0 radical (unpaired) electrons. The topological polar surface area (TPSA) is 97.1 Å². The quantitative estimate of drug-likeness (QED) is 0.114. The highest BCUT2D eigenvalue weighted by molar-refractivity contribution is 6.13. The zero-order valence-electron chi connectivity index (χ0n) is 75.1. The number of rotatable bonds is 13. The minimum Gasteiger partial charge on any atom is -0.309 e. The number of benzene rings is 19. The molecular weight excluding hydrogens is 1680 g/mol. The van der Waals surface area contributed by atoms with Gasteiger partial charge in [-0.05, 0) is 157 Å². The van der Waals surface area contributed by atoms with E-state index in [1.807, 2.05) is 84.9 Å². The molecule has 0 saturated carbocycles. The molecule has 0 aliphatic rings.